The van der Waals surface area contributed by atoms with Gasteiger partial charge in [-0.25, -0.2) is 0 Å². The maximum Gasteiger partial charge on any atom is 0.305 e. The SMILES string of the molecule is COC(=O)CCCCCCCCCCC(=O)NC(COCCC(=O)NCCCCCNC(=O)CCS[C@@H]1O[C@H](CO)[C@H](O)[C@H](O)[C@H]1NC(C)=O)(COCCC(=O)NCCCCCNC(=O)CCS[C@@H]1O[C@H](CO)[C@H](O)[C@H](O)[C@H]1NC(C)=O)COCCC(=O)NCCCCCNC(=O)CCS[C@@H]1O[C@H](CO)[C@H](O)[C@H](O)[C@H]1NC(C)=O. The largest absolute Gasteiger partial charge is 0.469 e. The summed E-state index contributed by atoms with van der Waals surface area (Å²) in [5.74, 6) is -2.73. The molecule has 37 nitrogen and oxygen atoms in total. The maximum absolute atomic E-state index is 13.9. The van der Waals surface area contributed by atoms with E-state index in [9.17, 15) is 98.7 Å². The van der Waals surface area contributed by atoms with E-state index < -0.39 is 132 Å². The lowest BCUT2D eigenvalue weighted by atomic mass is 9.98. The van der Waals surface area contributed by atoms with Crippen molar-refractivity contribution in [2.24, 2.45) is 0 Å². The number of nitrogens with one attached hydrogen (secondary N) is 10. The summed E-state index contributed by atoms with van der Waals surface area (Å²) >= 11 is 3.49. The average molecular weight is 1690 g/mol. The summed E-state index contributed by atoms with van der Waals surface area (Å²) in [4.78, 5) is 138. The number of aliphatic hydroxyl groups is 9. The molecule has 10 amide bonds. The minimum atomic E-state index is -1.42. The lowest BCUT2D eigenvalue weighted by Gasteiger charge is -2.42. The topological polar surface area (TPSA) is 555 Å². The Balaban J connectivity index is 1.55. The number of aliphatic hydroxyl groups excluding tert-OH is 9. The second-order valence-electron chi connectivity index (χ2n) is 28.6. The number of carbonyl (C=O) groups excluding carboxylic acids is 11. The number of hydrogen-bond acceptors (Lipinski definition) is 30. The molecule has 114 heavy (non-hydrogen) atoms. The third kappa shape index (κ3) is 43.9. The van der Waals surface area contributed by atoms with Gasteiger partial charge in [-0.2, -0.15) is 0 Å². The van der Waals surface area contributed by atoms with Crippen LogP contribution in [0.3, 0.4) is 0 Å². The zero-order valence-corrected chi connectivity index (χ0v) is 69.1. The van der Waals surface area contributed by atoms with Crippen LogP contribution in [0.4, 0.5) is 0 Å². The summed E-state index contributed by atoms with van der Waals surface area (Å²) in [5.41, 5.74) is -3.83. The molecule has 0 aromatic heterocycles. The fourth-order valence-electron chi connectivity index (χ4n) is 12.4. The van der Waals surface area contributed by atoms with Gasteiger partial charge in [0.15, 0.2) is 0 Å². The van der Waals surface area contributed by atoms with E-state index in [1.54, 1.807) is 0 Å². The first-order chi connectivity index (χ1) is 54.7. The summed E-state index contributed by atoms with van der Waals surface area (Å²) in [6, 6.07) is -2.88. The molecule has 15 atom stereocenters. The number of rotatable bonds is 63. The van der Waals surface area contributed by atoms with Crippen molar-refractivity contribution in [3.8, 4) is 0 Å². The molecule has 0 saturated carbocycles. The quantitative estimate of drug-likeness (QED) is 0.0222. The van der Waals surface area contributed by atoms with Gasteiger partial charge in [0.05, 0.1) is 84.7 Å². The maximum atomic E-state index is 13.9. The van der Waals surface area contributed by atoms with Crippen LogP contribution in [0.25, 0.3) is 0 Å². The van der Waals surface area contributed by atoms with Crippen LogP contribution in [0, 0.1) is 0 Å². The van der Waals surface area contributed by atoms with E-state index in [1.807, 2.05) is 0 Å². The van der Waals surface area contributed by atoms with Crippen molar-refractivity contribution >= 4 is 100 Å². The van der Waals surface area contributed by atoms with Crippen molar-refractivity contribution in [1.82, 2.24) is 53.2 Å². The number of carbonyl (C=O) groups is 11. The van der Waals surface area contributed by atoms with Crippen LogP contribution >= 0.6 is 35.3 Å². The Morgan fingerprint density at radius 1 is 0.333 bits per heavy atom. The monoisotopic (exact) mass is 1690 g/mol. The number of thioether (sulfide) groups is 3. The van der Waals surface area contributed by atoms with Crippen molar-refractivity contribution in [3.05, 3.63) is 0 Å². The number of methoxy groups -OCH3 is 1. The summed E-state index contributed by atoms with van der Waals surface area (Å²) < 4.78 is 40.3. The molecule has 19 N–H and O–H groups in total. The highest BCUT2D eigenvalue weighted by molar-refractivity contribution is 8.00. The molecule has 0 spiro atoms. The van der Waals surface area contributed by atoms with Gasteiger partial charge in [0.2, 0.25) is 59.1 Å². The summed E-state index contributed by atoms with van der Waals surface area (Å²) in [6.07, 6.45) is 1.51. The molecule has 3 heterocycles. The molecule has 3 aliphatic rings. The van der Waals surface area contributed by atoms with Gasteiger partial charge in [-0.3, -0.25) is 52.7 Å². The molecule has 0 bridgehead atoms. The van der Waals surface area contributed by atoms with Crippen LogP contribution in [0.15, 0.2) is 0 Å². The van der Waals surface area contributed by atoms with E-state index in [-0.39, 0.29) is 149 Å². The highest BCUT2D eigenvalue weighted by atomic mass is 32.2. The minimum absolute atomic E-state index is 0.0486. The van der Waals surface area contributed by atoms with Crippen molar-refractivity contribution in [3.63, 3.8) is 0 Å². The Kier molecular flexibility index (Phi) is 55.0. The first kappa shape index (κ1) is 103. The molecule has 3 aliphatic heterocycles. The van der Waals surface area contributed by atoms with Crippen LogP contribution < -0.4 is 53.2 Å². The predicted octanol–water partition coefficient (Wildman–Crippen LogP) is -2.46. The molecule has 0 radical (unpaired) electrons. The molecule has 3 rings (SSSR count). The molecule has 0 aromatic carbocycles. The van der Waals surface area contributed by atoms with Gasteiger partial charge < -0.3 is 132 Å². The first-order valence-electron chi connectivity index (χ1n) is 39.9. The normalized spacial score (nSPS) is 23.5. The molecule has 3 saturated heterocycles. The van der Waals surface area contributed by atoms with Crippen LogP contribution in [0.5, 0.6) is 0 Å². The van der Waals surface area contributed by atoms with Crippen molar-refractivity contribution in [1.29, 1.82) is 0 Å². The minimum Gasteiger partial charge on any atom is -0.469 e. The molecule has 40 heteroatoms. The van der Waals surface area contributed by atoms with Gasteiger partial charge in [-0.1, -0.05) is 38.5 Å². The lowest BCUT2D eigenvalue weighted by molar-refractivity contribution is -0.173. The number of ether oxygens (including phenoxy) is 7. The standard InChI is InChI=1S/C74H132N10O27S3/c1-48(88)81-62-68(102)65(99)51(42-85)109-71(62)112-39-27-57(94)78-33-19-11-16-30-75-54(91)24-36-106-45-74(84-60(97)22-14-9-7-5-6-8-10-15-23-61(98)105-4,46-107-37-25-55(92)76-31-17-12-20-34-79-58(95)28-40-113-72-63(82-49(2)89)69(103)66(100)52(43-86)110-72)47-108-38-26-56(93)77-32-18-13-21-35-80-59(96)29-41-114-73-64(83-50(3)90)70(104)67(101)53(44-87)111-73/h51-53,62-73,85-87,99-104H,5-47H2,1-4H3,(H,75,91)(H,76,92)(H,77,93)(H,78,94)(H,79,95)(H,80,96)(H,81,88)(H,82,89)(H,83,90)(H,84,97)/t51-,52-,53-,62-,63-,64-,65+,66+,67+,68-,69-,70-,71+,72+,73+/m1/s1. The number of unbranched alkanes of at least 4 members (excludes halogenated alkanes) is 13. The van der Waals surface area contributed by atoms with E-state index >= 15 is 0 Å². The Bertz CT molecular complexity index is 2560. The molecule has 3 fully saturated rings. The first-order valence-corrected chi connectivity index (χ1v) is 43.1. The smallest absolute Gasteiger partial charge is 0.305 e. The van der Waals surface area contributed by atoms with Crippen LogP contribution in [-0.2, 0) is 85.9 Å². The van der Waals surface area contributed by atoms with Crippen molar-refractivity contribution < 1.29 is 132 Å². The molecule has 0 aliphatic carbocycles. The Hall–Kier alpha value is -5.38. The van der Waals surface area contributed by atoms with Gasteiger partial charge in [0, 0.05) is 129 Å². The molecule has 0 unspecified atom stereocenters. The van der Waals surface area contributed by atoms with E-state index in [2.05, 4.69) is 53.2 Å². The van der Waals surface area contributed by atoms with Gasteiger partial charge >= 0.3 is 5.97 Å². The molecule has 0 aromatic rings. The Morgan fingerprint density at radius 3 is 0.851 bits per heavy atom. The summed E-state index contributed by atoms with van der Waals surface area (Å²) in [7, 11) is 1.37. The van der Waals surface area contributed by atoms with Crippen LogP contribution in [0.1, 0.15) is 181 Å². The number of amides is 10. The van der Waals surface area contributed by atoms with E-state index in [0.717, 1.165) is 80.2 Å². The highest BCUT2D eigenvalue weighted by Gasteiger charge is 2.48. The van der Waals surface area contributed by atoms with Gasteiger partial charge in [-0.05, 0) is 70.6 Å². The predicted molar refractivity (Wildman–Crippen MR) is 422 cm³/mol. The van der Waals surface area contributed by atoms with E-state index in [1.165, 1.54) is 27.9 Å². The fourth-order valence-corrected chi connectivity index (χ4v) is 16.0. The van der Waals surface area contributed by atoms with Gasteiger partial charge in [0.1, 0.15) is 76.8 Å². The Labute approximate surface area is 681 Å². The van der Waals surface area contributed by atoms with Gasteiger partial charge in [-0.15, -0.1) is 35.3 Å². The van der Waals surface area contributed by atoms with Crippen molar-refractivity contribution in [2.45, 2.75) is 276 Å². The molecular weight excluding hydrogens is 1560 g/mol. The second kappa shape index (κ2) is 61.0. The third-order valence-electron chi connectivity index (χ3n) is 18.8. The Morgan fingerprint density at radius 2 is 0.588 bits per heavy atom. The van der Waals surface area contributed by atoms with Crippen molar-refractivity contribution in [2.75, 3.05) is 123 Å². The number of hydrogen-bond donors (Lipinski definition) is 19. The third-order valence-corrected chi connectivity index (χ3v) is 22.3. The summed E-state index contributed by atoms with van der Waals surface area (Å²) in [6.45, 7) is 3.49. The fraction of sp³-hybridized carbons (Fsp3) is 0.851. The van der Waals surface area contributed by atoms with E-state index in [4.69, 9.17) is 33.2 Å². The molecule has 658 valence electrons. The highest BCUT2D eigenvalue weighted by Crippen LogP contribution is 2.32. The molecular formula is C74H132N10O27S3. The zero-order valence-electron chi connectivity index (χ0n) is 66.7. The van der Waals surface area contributed by atoms with E-state index in [0.29, 0.717) is 110 Å². The second-order valence-corrected chi connectivity index (χ2v) is 32.2. The zero-order chi connectivity index (χ0) is 84.1. The van der Waals surface area contributed by atoms with Crippen LogP contribution in [-0.4, -0.2) is 329 Å². The van der Waals surface area contributed by atoms with Gasteiger partial charge in [0.25, 0.3) is 0 Å². The van der Waals surface area contributed by atoms with Crippen LogP contribution in [0.2, 0.25) is 0 Å². The lowest BCUT2D eigenvalue weighted by Crippen LogP contribution is -2.63. The summed E-state index contributed by atoms with van der Waals surface area (Å²) in [5, 5.41) is 119. The number of esters is 1. The average Bonchev–Trinajstić information content (AvgIpc) is 0.820.